The van der Waals surface area contributed by atoms with Crippen LogP contribution >= 0.6 is 0 Å². The summed E-state index contributed by atoms with van der Waals surface area (Å²) < 4.78 is 19.4. The van der Waals surface area contributed by atoms with E-state index in [9.17, 15) is 19.2 Å². The highest BCUT2D eigenvalue weighted by Crippen LogP contribution is 2.21. The molecule has 4 aromatic carbocycles. The van der Waals surface area contributed by atoms with Crippen molar-refractivity contribution in [2.45, 2.75) is 0 Å². The monoisotopic (exact) mass is 556 g/mol. The van der Waals surface area contributed by atoms with E-state index in [1.807, 2.05) is 0 Å². The second kappa shape index (κ2) is 12.8. The maximum absolute atomic E-state index is 12.5. The molecule has 0 saturated heterocycles. The predicted octanol–water partition coefficient (Wildman–Crippen LogP) is 4.94. The maximum Gasteiger partial charge on any atom is 0.338 e. The molecule has 8 nitrogen and oxygen atoms in total. The minimum absolute atomic E-state index is 0.0369. The Balaban J connectivity index is 2.15. The Kier molecular flexibility index (Phi) is 8.74. The Bertz CT molecular complexity index is 1720. The molecule has 204 valence electrons. The van der Waals surface area contributed by atoms with Crippen molar-refractivity contribution < 1.29 is 38.1 Å². The first-order valence-electron chi connectivity index (χ1n) is 12.2. The van der Waals surface area contributed by atoms with Crippen LogP contribution in [0.3, 0.4) is 0 Å². The molecule has 4 aromatic rings. The van der Waals surface area contributed by atoms with Gasteiger partial charge in [0.1, 0.15) is 0 Å². The largest absolute Gasteiger partial charge is 0.465 e. The lowest BCUT2D eigenvalue weighted by Crippen LogP contribution is -2.11. The van der Waals surface area contributed by atoms with Crippen molar-refractivity contribution in [2.24, 2.45) is 0 Å². The number of ether oxygens (including phenoxy) is 4. The van der Waals surface area contributed by atoms with Crippen LogP contribution in [0.15, 0.2) is 48.5 Å². The first kappa shape index (κ1) is 28.8. The molecule has 0 saturated carbocycles. The Hall–Kier alpha value is -6.22. The van der Waals surface area contributed by atoms with E-state index in [2.05, 4.69) is 48.5 Å². The van der Waals surface area contributed by atoms with E-state index >= 15 is 0 Å². The molecule has 0 fully saturated rings. The molecule has 0 aromatic heterocycles. The van der Waals surface area contributed by atoms with E-state index in [-0.39, 0.29) is 22.3 Å². The van der Waals surface area contributed by atoms with Crippen molar-refractivity contribution in [3.05, 3.63) is 119 Å². The van der Waals surface area contributed by atoms with E-state index in [4.69, 9.17) is 18.9 Å². The molecule has 0 radical (unpaired) electrons. The maximum atomic E-state index is 12.5. The molecule has 42 heavy (non-hydrogen) atoms. The second-order valence-electron chi connectivity index (χ2n) is 8.40. The second-order valence-corrected chi connectivity index (χ2v) is 8.40. The average Bonchev–Trinajstić information content (AvgIpc) is 3.03. The fourth-order valence-electron chi connectivity index (χ4n) is 3.90. The molecule has 0 aliphatic carbocycles. The summed E-state index contributed by atoms with van der Waals surface area (Å²) >= 11 is 0. The first-order chi connectivity index (χ1) is 20.3. The van der Waals surface area contributed by atoms with Crippen molar-refractivity contribution in [3.63, 3.8) is 0 Å². The Labute approximate surface area is 242 Å². The quantitative estimate of drug-likeness (QED) is 0.257. The van der Waals surface area contributed by atoms with Crippen LogP contribution < -0.4 is 0 Å². The summed E-state index contributed by atoms with van der Waals surface area (Å²) in [6, 6.07) is 36.0. The molecule has 0 unspecified atom stereocenters. The van der Waals surface area contributed by atoms with Crippen molar-refractivity contribution in [3.8, 4) is 0 Å². The van der Waals surface area contributed by atoms with Gasteiger partial charge in [-0.15, -0.1) is 0 Å². The molecule has 0 amide bonds. The molecule has 4 rings (SSSR count). The summed E-state index contributed by atoms with van der Waals surface area (Å²) in [5.74, 6) is -3.01. The SMILES string of the molecule is COC(=O)c1cc2c#cc#cc3cc(C(=O)OC)c(C(=O)OC)cc3c#cc3ccccc3c#cc2cc1C(=O)OC. The molecule has 0 aliphatic rings. The van der Waals surface area contributed by atoms with Crippen molar-refractivity contribution >= 4 is 56.2 Å². The van der Waals surface area contributed by atoms with Gasteiger partial charge in [-0.2, -0.15) is 0 Å². The topological polar surface area (TPSA) is 105 Å². The third-order valence-corrected chi connectivity index (χ3v) is 5.98. The van der Waals surface area contributed by atoms with Crippen LogP contribution in [0.4, 0.5) is 0 Å². The lowest BCUT2D eigenvalue weighted by Gasteiger charge is -2.06. The van der Waals surface area contributed by atoms with E-state index < -0.39 is 23.9 Å². The van der Waals surface area contributed by atoms with Crippen LogP contribution in [-0.2, 0) is 18.9 Å². The highest BCUT2D eigenvalue weighted by atomic mass is 16.5. The number of carbonyl (C=O) groups excluding carboxylic acids is 4. The summed E-state index contributed by atoms with van der Waals surface area (Å²) in [5, 5.41) is 2.42. The zero-order valence-electron chi connectivity index (χ0n) is 22.9. The van der Waals surface area contributed by atoms with Gasteiger partial charge < -0.3 is 18.9 Å². The van der Waals surface area contributed by atoms with Gasteiger partial charge in [0.15, 0.2) is 0 Å². The molecule has 8 heteroatoms. The van der Waals surface area contributed by atoms with Gasteiger partial charge in [0, 0.05) is 32.3 Å². The summed E-state index contributed by atoms with van der Waals surface area (Å²) in [7, 11) is 4.78. The van der Waals surface area contributed by atoms with Gasteiger partial charge in [-0.25, -0.2) is 19.2 Å². The molecular weight excluding hydrogens is 536 g/mol. The van der Waals surface area contributed by atoms with Gasteiger partial charge in [0.05, 0.1) is 50.7 Å². The Morgan fingerprint density at radius 2 is 0.690 bits per heavy atom. The standard InChI is InChI=1S/C34H20O8/c1-39-31(35)27-17-23-11-7-8-12-24-18-28(32(36)40-2)30(34(38)42-4)20-26(24)16-14-22-10-6-5-9-21(22)13-15-25(23)19-29(27)33(37)41-3/h5-6,9-10,17-20H,1-4H3. The molecule has 0 spiro atoms. The highest BCUT2D eigenvalue weighted by molar-refractivity contribution is 6.08. The van der Waals surface area contributed by atoms with Crippen LogP contribution in [0.2, 0.25) is 0 Å². The predicted molar refractivity (Wildman–Crippen MR) is 150 cm³/mol. The van der Waals surface area contributed by atoms with Crippen molar-refractivity contribution in [1.82, 2.24) is 0 Å². The summed E-state index contributed by atoms with van der Waals surface area (Å²) in [5.41, 5.74) is -0.179. The number of rotatable bonds is 4. The number of carbonyl (C=O) groups is 4. The first-order valence-corrected chi connectivity index (χ1v) is 12.2. The van der Waals surface area contributed by atoms with Gasteiger partial charge in [-0.3, -0.25) is 0 Å². The lowest BCUT2D eigenvalue weighted by atomic mass is 10.0. The smallest absolute Gasteiger partial charge is 0.338 e. The van der Waals surface area contributed by atoms with Gasteiger partial charge >= 0.3 is 23.9 Å². The number of hydrogen-bond acceptors (Lipinski definition) is 8. The van der Waals surface area contributed by atoms with Crippen molar-refractivity contribution in [2.75, 3.05) is 28.4 Å². The van der Waals surface area contributed by atoms with Crippen LogP contribution in [0.1, 0.15) is 41.4 Å². The number of hydrogen-bond donors (Lipinski definition) is 0. The molecule has 0 aliphatic heterocycles. The van der Waals surface area contributed by atoms with Crippen LogP contribution in [0.25, 0.3) is 32.3 Å². The zero-order chi connectivity index (χ0) is 30.2. The normalized spacial score (nSPS) is 9.52. The highest BCUT2D eigenvalue weighted by Gasteiger charge is 2.20. The molecule has 0 bridgehead atoms. The van der Waals surface area contributed by atoms with Crippen LogP contribution in [0, 0.1) is 48.5 Å². The van der Waals surface area contributed by atoms with Crippen LogP contribution in [0.5, 0.6) is 0 Å². The van der Waals surface area contributed by atoms with E-state index in [1.165, 1.54) is 52.7 Å². The Morgan fingerprint density at radius 3 is 0.976 bits per heavy atom. The van der Waals surface area contributed by atoms with E-state index in [0.29, 0.717) is 32.3 Å². The summed E-state index contributed by atoms with van der Waals surface area (Å²) in [6.07, 6.45) is 0. The number of methoxy groups -OCH3 is 4. The average molecular weight is 557 g/mol. The summed E-state index contributed by atoms with van der Waals surface area (Å²) in [4.78, 5) is 49.9. The Morgan fingerprint density at radius 1 is 0.429 bits per heavy atom. The van der Waals surface area contributed by atoms with Gasteiger partial charge in [-0.05, 0) is 48.5 Å². The minimum Gasteiger partial charge on any atom is -0.465 e. The van der Waals surface area contributed by atoms with E-state index in [1.54, 1.807) is 24.3 Å². The van der Waals surface area contributed by atoms with Gasteiger partial charge in [-0.1, -0.05) is 48.5 Å². The number of esters is 4. The molecular formula is C34H20O8. The molecule has 0 atom stereocenters. The minimum atomic E-state index is -0.759. The van der Waals surface area contributed by atoms with E-state index in [0.717, 1.165) is 0 Å². The fraction of sp³-hybridized carbons (Fsp3) is 0.118. The number of benzene rings is 3. The molecule has 0 heterocycles. The van der Waals surface area contributed by atoms with Gasteiger partial charge in [0.2, 0.25) is 0 Å². The van der Waals surface area contributed by atoms with Crippen molar-refractivity contribution in [1.29, 1.82) is 0 Å². The van der Waals surface area contributed by atoms with Crippen LogP contribution in [-0.4, -0.2) is 52.3 Å². The zero-order valence-corrected chi connectivity index (χ0v) is 22.9. The van der Waals surface area contributed by atoms with Gasteiger partial charge in [0.25, 0.3) is 0 Å². The third kappa shape index (κ3) is 6.00. The molecule has 0 N–H and O–H groups in total. The number of fused-ring (bicyclic) bond motifs is 3. The third-order valence-electron chi connectivity index (χ3n) is 5.98. The fourth-order valence-corrected chi connectivity index (χ4v) is 3.90. The lowest BCUT2D eigenvalue weighted by molar-refractivity contribution is 0.0555. The summed E-state index contributed by atoms with van der Waals surface area (Å²) in [6.45, 7) is 0.